The van der Waals surface area contributed by atoms with Crippen LogP contribution in [0.15, 0.2) is 71.2 Å². The number of piperidine rings is 1. The lowest BCUT2D eigenvalue weighted by atomic mass is 9.72. The number of carbonyl (C=O) groups is 1. The summed E-state index contributed by atoms with van der Waals surface area (Å²) in [5.74, 6) is 2.56. The number of allylic oxidation sites excluding steroid dienone is 1. The molecule has 0 aliphatic carbocycles. The second-order valence-electron chi connectivity index (χ2n) is 17.7. The van der Waals surface area contributed by atoms with Gasteiger partial charge in [0.2, 0.25) is 6.29 Å². The van der Waals surface area contributed by atoms with Crippen LogP contribution in [0.2, 0.25) is 0 Å². The molecular weight excluding hydrogens is 813 g/mol. The summed E-state index contributed by atoms with van der Waals surface area (Å²) in [4.78, 5) is 34.8. The van der Waals surface area contributed by atoms with Crippen LogP contribution in [-0.4, -0.2) is 97.8 Å². The van der Waals surface area contributed by atoms with Crippen LogP contribution in [-0.2, 0) is 34.2 Å². The minimum Gasteiger partial charge on any atom is -0.493 e. The number of aliphatic hydroxyl groups is 1. The Labute approximate surface area is 377 Å². The molecule has 8 rings (SSSR count). The summed E-state index contributed by atoms with van der Waals surface area (Å²) in [6.07, 6.45) is 6.34. The molecule has 1 aromatic heterocycles. The number of rotatable bonds is 15. The van der Waals surface area contributed by atoms with Gasteiger partial charge in [-0.25, -0.2) is 4.68 Å². The van der Waals surface area contributed by atoms with E-state index in [2.05, 4.69) is 36.1 Å². The van der Waals surface area contributed by atoms with Crippen molar-refractivity contribution in [1.82, 2.24) is 19.2 Å². The van der Waals surface area contributed by atoms with Gasteiger partial charge in [-0.1, -0.05) is 31.5 Å². The zero-order valence-corrected chi connectivity index (χ0v) is 38.8. The maximum atomic E-state index is 15.5. The average molecular weight is 879 g/mol. The van der Waals surface area contributed by atoms with Crippen molar-refractivity contribution < 1.29 is 38.3 Å². The van der Waals surface area contributed by atoms with Crippen molar-refractivity contribution in [2.24, 2.45) is 24.8 Å². The highest BCUT2D eigenvalue weighted by Gasteiger charge is 2.46. The number of aromatic nitrogens is 2. The first-order valence-corrected chi connectivity index (χ1v) is 23.1. The normalized spacial score (nSPS) is 24.2. The fraction of sp³-hybridized carbons (Fsp3) is 0.529. The van der Waals surface area contributed by atoms with Crippen molar-refractivity contribution in [3.63, 3.8) is 0 Å². The lowest BCUT2D eigenvalue weighted by Crippen LogP contribution is -2.48. The molecule has 0 bridgehead atoms. The van der Waals surface area contributed by atoms with Crippen LogP contribution in [0.25, 0.3) is 5.69 Å². The Morgan fingerprint density at radius 3 is 2.14 bits per heavy atom. The number of ether oxygens (including phenoxy) is 6. The predicted octanol–water partition coefficient (Wildman–Crippen LogP) is 7.43. The molecule has 7 unspecified atom stereocenters. The van der Waals surface area contributed by atoms with Crippen LogP contribution >= 0.6 is 0 Å². The van der Waals surface area contributed by atoms with E-state index in [9.17, 15) is 9.90 Å². The highest BCUT2D eigenvalue weighted by atomic mass is 16.7. The number of fused-ring (bicyclic) bond motifs is 4. The van der Waals surface area contributed by atoms with Crippen molar-refractivity contribution in [3.05, 3.63) is 110 Å². The molecule has 5 heterocycles. The Bertz CT molecular complexity index is 2390. The van der Waals surface area contributed by atoms with Crippen molar-refractivity contribution in [1.29, 1.82) is 0 Å². The third kappa shape index (κ3) is 8.31. The van der Waals surface area contributed by atoms with Gasteiger partial charge < -0.3 is 38.4 Å². The molecule has 13 nitrogen and oxygen atoms in total. The van der Waals surface area contributed by atoms with Crippen molar-refractivity contribution in [3.8, 4) is 28.7 Å². The monoisotopic (exact) mass is 878 g/mol. The minimum atomic E-state index is -0.814. The third-order valence-electron chi connectivity index (χ3n) is 14.6. The number of nitrogens with zero attached hydrogens (tertiary/aromatic N) is 4. The summed E-state index contributed by atoms with van der Waals surface area (Å²) in [5, 5.41) is 10.0. The van der Waals surface area contributed by atoms with Crippen LogP contribution in [0.4, 0.5) is 0 Å². The summed E-state index contributed by atoms with van der Waals surface area (Å²) in [7, 11) is 8.57. The van der Waals surface area contributed by atoms with E-state index in [1.807, 2.05) is 66.9 Å². The molecule has 13 heteroatoms. The van der Waals surface area contributed by atoms with Gasteiger partial charge in [-0.15, -0.1) is 0 Å². The SMILES string of the molecule is CCOC1OC(C(=O)N2CCc3cc(OC)c(OC)cc3C2CC2CC3c4cc(OC)c(OC)cc4CCN3CC2CC)=CC(c2c(C)n(C)n(-c3ccccc3)c2=O)C1CCCO. The number of hydrogen-bond acceptors (Lipinski definition) is 10. The van der Waals surface area contributed by atoms with E-state index in [-0.39, 0.29) is 47.8 Å². The van der Waals surface area contributed by atoms with Crippen LogP contribution in [0.5, 0.6) is 23.0 Å². The summed E-state index contributed by atoms with van der Waals surface area (Å²) in [5.41, 5.74) is 6.73. The molecule has 0 spiro atoms. The second kappa shape index (κ2) is 19.5. The molecule has 3 aromatic carbocycles. The quantitative estimate of drug-likeness (QED) is 0.129. The van der Waals surface area contributed by atoms with Gasteiger partial charge in [0.25, 0.3) is 11.5 Å². The van der Waals surface area contributed by atoms with Gasteiger partial charge in [-0.3, -0.25) is 19.2 Å². The Hall–Kier alpha value is -5.24. The molecule has 0 saturated carbocycles. The largest absolute Gasteiger partial charge is 0.493 e. The van der Waals surface area contributed by atoms with Gasteiger partial charge in [0, 0.05) is 69.0 Å². The molecule has 1 fully saturated rings. The molecule has 7 atom stereocenters. The summed E-state index contributed by atoms with van der Waals surface area (Å²) < 4.78 is 39.8. The van der Waals surface area contributed by atoms with E-state index < -0.39 is 12.2 Å². The van der Waals surface area contributed by atoms with Gasteiger partial charge in [0.05, 0.1) is 40.2 Å². The Morgan fingerprint density at radius 2 is 1.50 bits per heavy atom. The molecule has 344 valence electrons. The summed E-state index contributed by atoms with van der Waals surface area (Å²) >= 11 is 0. The minimum absolute atomic E-state index is 0.0193. The van der Waals surface area contributed by atoms with Crippen LogP contribution in [0.1, 0.15) is 97.5 Å². The van der Waals surface area contributed by atoms with E-state index in [1.54, 1.807) is 33.1 Å². The van der Waals surface area contributed by atoms with Gasteiger partial charge >= 0.3 is 0 Å². The molecule has 1 amide bonds. The molecule has 0 radical (unpaired) electrons. The average Bonchev–Trinajstić information content (AvgIpc) is 3.55. The number of methoxy groups -OCH3 is 4. The van der Waals surface area contributed by atoms with E-state index in [0.29, 0.717) is 55.4 Å². The first-order valence-electron chi connectivity index (χ1n) is 23.1. The first kappa shape index (κ1) is 45.3. The lowest BCUT2D eigenvalue weighted by Gasteiger charge is -2.49. The first-order chi connectivity index (χ1) is 31.1. The number of carbonyl (C=O) groups excluding carboxylic acids is 1. The fourth-order valence-corrected chi connectivity index (χ4v) is 11.3. The predicted molar refractivity (Wildman–Crippen MR) is 245 cm³/mol. The number of para-hydroxylation sites is 1. The summed E-state index contributed by atoms with van der Waals surface area (Å²) in [6.45, 7) is 8.89. The van der Waals surface area contributed by atoms with Gasteiger partial charge in [-0.05, 0) is 129 Å². The van der Waals surface area contributed by atoms with E-state index in [1.165, 1.54) is 11.1 Å². The zero-order chi connectivity index (χ0) is 45.2. The number of hydrogen-bond donors (Lipinski definition) is 1. The van der Waals surface area contributed by atoms with Crippen LogP contribution in [0, 0.1) is 24.7 Å². The smallest absolute Gasteiger partial charge is 0.289 e. The molecule has 64 heavy (non-hydrogen) atoms. The molecule has 4 aliphatic rings. The highest BCUT2D eigenvalue weighted by molar-refractivity contribution is 5.92. The highest BCUT2D eigenvalue weighted by Crippen LogP contribution is 2.50. The Balaban J connectivity index is 1.21. The van der Waals surface area contributed by atoms with Gasteiger partial charge in [0.1, 0.15) is 0 Å². The molecule has 4 aromatic rings. The maximum absolute atomic E-state index is 15.5. The van der Waals surface area contributed by atoms with E-state index >= 15 is 4.79 Å². The van der Waals surface area contributed by atoms with Gasteiger partial charge in [0.15, 0.2) is 28.8 Å². The third-order valence-corrected chi connectivity index (χ3v) is 14.6. The number of benzene rings is 3. The molecule has 4 aliphatic heterocycles. The van der Waals surface area contributed by atoms with E-state index in [4.69, 9.17) is 28.4 Å². The second-order valence-corrected chi connectivity index (χ2v) is 17.7. The van der Waals surface area contributed by atoms with Crippen LogP contribution in [0.3, 0.4) is 0 Å². The molecular formula is C51H66N4O9. The topological polar surface area (TPSA) is 126 Å². The summed E-state index contributed by atoms with van der Waals surface area (Å²) in [6, 6.07) is 17.9. The van der Waals surface area contributed by atoms with Crippen LogP contribution < -0.4 is 24.5 Å². The van der Waals surface area contributed by atoms with E-state index in [0.717, 1.165) is 72.8 Å². The molecule has 1 N–H and O–H groups in total. The Morgan fingerprint density at radius 1 is 0.859 bits per heavy atom. The number of aliphatic hydroxyl groups excluding tert-OH is 1. The van der Waals surface area contributed by atoms with Crippen molar-refractivity contribution in [2.75, 3.05) is 61.3 Å². The molecule has 1 saturated heterocycles. The standard InChI is InChI=1S/C51H66N4O9/c1-9-32-30-53-20-18-33-25-43(59-5)45(61-7)27-38(33)41(53)23-35(32)24-42-39-28-46(62-8)44(60-6)26-34(39)19-21-54(42)49(57)47-29-40(37(17-14-22-56)51(64-47)63-10-2)48-31(3)52(4)55(50(48)58)36-15-12-11-13-16-36/h11-13,15-16,25-29,32,35,37,40-42,51,56H,9-10,14,17-24,30H2,1-8H3. The van der Waals surface area contributed by atoms with Crippen molar-refractivity contribution >= 4 is 5.91 Å². The fourth-order valence-electron chi connectivity index (χ4n) is 11.3. The van der Waals surface area contributed by atoms with Crippen molar-refractivity contribution in [2.45, 2.75) is 90.0 Å². The van der Waals surface area contributed by atoms with Gasteiger partial charge in [-0.2, -0.15) is 0 Å². The maximum Gasteiger partial charge on any atom is 0.289 e. The number of amides is 1. The Kier molecular flexibility index (Phi) is 13.8. The zero-order valence-electron chi connectivity index (χ0n) is 38.8. The lowest BCUT2D eigenvalue weighted by molar-refractivity contribution is -0.171.